The highest BCUT2D eigenvalue weighted by atomic mass is 79.9. The first kappa shape index (κ1) is 27.9. The number of benzene rings is 2. The summed E-state index contributed by atoms with van der Waals surface area (Å²) in [7, 11) is 1.30. The van der Waals surface area contributed by atoms with E-state index in [4.69, 9.17) is 9.47 Å². The molecule has 0 saturated heterocycles. The number of fused-ring (bicyclic) bond motifs is 1. The molecule has 1 aliphatic rings. The molecule has 0 bridgehead atoms. The number of ether oxygens (including phenoxy) is 2. The van der Waals surface area contributed by atoms with Crippen molar-refractivity contribution in [3.63, 3.8) is 0 Å². The fraction of sp³-hybridized carbons (Fsp3) is 0.483. The van der Waals surface area contributed by atoms with Crippen LogP contribution in [0.4, 0.5) is 10.5 Å². The third-order valence-corrected chi connectivity index (χ3v) is 7.37. The number of hydrogen-bond acceptors (Lipinski definition) is 5. The van der Waals surface area contributed by atoms with Crippen LogP contribution in [0.1, 0.15) is 98.7 Å². The topological polar surface area (TPSA) is 72.9 Å². The van der Waals surface area contributed by atoms with Crippen molar-refractivity contribution in [3.8, 4) is 0 Å². The SMILES string of the molecule is COC(=O)c1ccc(C(=O)N(C(=O)OC(C)(C)C)c2cc3c(cc2CBr)C(C)(C)CCC3(C)C)cc1. The van der Waals surface area contributed by atoms with Gasteiger partial charge in [-0.3, -0.25) is 4.79 Å². The molecule has 1 aliphatic carbocycles. The van der Waals surface area contributed by atoms with Gasteiger partial charge in [-0.05, 0) is 91.5 Å². The molecule has 0 saturated carbocycles. The molecule has 0 atom stereocenters. The monoisotopic (exact) mass is 557 g/mol. The Morgan fingerprint density at radius 2 is 1.42 bits per heavy atom. The van der Waals surface area contributed by atoms with E-state index in [2.05, 4.69) is 49.7 Å². The number of imide groups is 1. The van der Waals surface area contributed by atoms with E-state index in [-0.39, 0.29) is 16.4 Å². The Morgan fingerprint density at radius 1 is 0.917 bits per heavy atom. The number of alkyl halides is 1. The van der Waals surface area contributed by atoms with E-state index in [0.717, 1.165) is 28.9 Å². The van der Waals surface area contributed by atoms with Crippen molar-refractivity contribution in [2.45, 2.75) is 83.1 Å². The van der Waals surface area contributed by atoms with Crippen LogP contribution in [0, 0.1) is 0 Å². The molecule has 36 heavy (non-hydrogen) atoms. The molecule has 2 aromatic carbocycles. The first-order valence-electron chi connectivity index (χ1n) is 12.1. The van der Waals surface area contributed by atoms with E-state index >= 15 is 0 Å². The Morgan fingerprint density at radius 3 is 1.89 bits per heavy atom. The Kier molecular flexibility index (Phi) is 7.75. The van der Waals surface area contributed by atoms with E-state index in [1.165, 1.54) is 36.9 Å². The molecule has 0 aromatic heterocycles. The van der Waals surface area contributed by atoms with E-state index in [9.17, 15) is 14.4 Å². The summed E-state index contributed by atoms with van der Waals surface area (Å²) in [5, 5.41) is 0.458. The van der Waals surface area contributed by atoms with Crippen LogP contribution in [0.25, 0.3) is 0 Å². The maximum absolute atomic E-state index is 13.8. The van der Waals surface area contributed by atoms with Gasteiger partial charge in [0, 0.05) is 10.9 Å². The van der Waals surface area contributed by atoms with Crippen LogP contribution in [-0.4, -0.2) is 30.7 Å². The van der Waals surface area contributed by atoms with Crippen molar-refractivity contribution in [1.29, 1.82) is 0 Å². The first-order valence-corrected chi connectivity index (χ1v) is 13.2. The predicted molar refractivity (Wildman–Crippen MR) is 145 cm³/mol. The number of carbonyl (C=O) groups excluding carboxylic acids is 3. The van der Waals surface area contributed by atoms with E-state index in [1.54, 1.807) is 20.8 Å². The molecule has 2 aromatic rings. The van der Waals surface area contributed by atoms with E-state index in [1.807, 2.05) is 6.07 Å². The van der Waals surface area contributed by atoms with Crippen LogP contribution < -0.4 is 4.90 Å². The molecule has 0 N–H and O–H groups in total. The van der Waals surface area contributed by atoms with Gasteiger partial charge >= 0.3 is 12.1 Å². The van der Waals surface area contributed by atoms with Crippen molar-refractivity contribution >= 4 is 39.6 Å². The average molecular weight is 559 g/mol. The lowest BCUT2D eigenvalue weighted by Gasteiger charge is -2.43. The summed E-state index contributed by atoms with van der Waals surface area (Å²) in [6, 6.07) is 10.2. The van der Waals surface area contributed by atoms with Gasteiger partial charge in [-0.25, -0.2) is 14.5 Å². The molecule has 0 heterocycles. The van der Waals surface area contributed by atoms with E-state index < -0.39 is 23.6 Å². The van der Waals surface area contributed by atoms with Crippen molar-refractivity contribution < 1.29 is 23.9 Å². The molecule has 7 heteroatoms. The zero-order chi connectivity index (χ0) is 27.1. The Bertz CT molecular complexity index is 1180. The Hall–Kier alpha value is -2.67. The Balaban J connectivity index is 2.20. The second-order valence-corrected chi connectivity index (χ2v) is 12.2. The van der Waals surface area contributed by atoms with Gasteiger partial charge in [-0.1, -0.05) is 49.7 Å². The van der Waals surface area contributed by atoms with Gasteiger partial charge in [0.1, 0.15) is 5.60 Å². The molecule has 0 radical (unpaired) electrons. The van der Waals surface area contributed by atoms with Gasteiger partial charge in [0.25, 0.3) is 5.91 Å². The van der Waals surface area contributed by atoms with E-state index in [0.29, 0.717) is 16.6 Å². The number of methoxy groups -OCH3 is 1. The van der Waals surface area contributed by atoms with Crippen LogP contribution in [0.3, 0.4) is 0 Å². The van der Waals surface area contributed by atoms with Gasteiger partial charge in [-0.2, -0.15) is 0 Å². The van der Waals surface area contributed by atoms with Crippen molar-refractivity contribution in [2.75, 3.05) is 12.0 Å². The van der Waals surface area contributed by atoms with Gasteiger partial charge in [0.05, 0.1) is 18.4 Å². The smallest absolute Gasteiger partial charge is 0.422 e. The molecule has 6 nitrogen and oxygen atoms in total. The zero-order valence-corrected chi connectivity index (χ0v) is 24.0. The maximum atomic E-state index is 13.8. The van der Waals surface area contributed by atoms with Crippen LogP contribution in [0.5, 0.6) is 0 Å². The fourth-order valence-electron chi connectivity index (χ4n) is 4.56. The van der Waals surface area contributed by atoms with Crippen molar-refractivity contribution in [3.05, 3.63) is 64.2 Å². The third kappa shape index (κ3) is 5.66. The molecule has 0 spiro atoms. The summed E-state index contributed by atoms with van der Waals surface area (Å²) in [4.78, 5) is 40.3. The lowest BCUT2D eigenvalue weighted by atomic mass is 9.63. The summed E-state index contributed by atoms with van der Waals surface area (Å²) < 4.78 is 10.4. The summed E-state index contributed by atoms with van der Waals surface area (Å²) in [5.41, 5.74) is 3.31. The van der Waals surface area contributed by atoms with Crippen LogP contribution >= 0.6 is 15.9 Å². The maximum Gasteiger partial charge on any atom is 0.422 e. The summed E-state index contributed by atoms with van der Waals surface area (Å²) in [6.07, 6.45) is 1.30. The minimum absolute atomic E-state index is 0.0230. The molecule has 0 aliphatic heterocycles. The normalized spacial score (nSPS) is 16.0. The molecular formula is C29H36BrNO5. The molecule has 0 fully saturated rings. The number of esters is 1. The largest absolute Gasteiger partial charge is 0.465 e. The van der Waals surface area contributed by atoms with Gasteiger partial charge in [0.2, 0.25) is 0 Å². The summed E-state index contributed by atoms with van der Waals surface area (Å²) in [5.74, 6) is -1.03. The van der Waals surface area contributed by atoms with Gasteiger partial charge in [-0.15, -0.1) is 0 Å². The molecule has 0 unspecified atom stereocenters. The summed E-state index contributed by atoms with van der Waals surface area (Å²) in [6.45, 7) is 14.2. The van der Waals surface area contributed by atoms with Crippen LogP contribution in [0.2, 0.25) is 0 Å². The number of amides is 2. The minimum Gasteiger partial charge on any atom is -0.465 e. The second-order valence-electron chi connectivity index (χ2n) is 11.6. The highest BCUT2D eigenvalue weighted by molar-refractivity contribution is 9.08. The summed E-state index contributed by atoms with van der Waals surface area (Å²) >= 11 is 3.58. The quantitative estimate of drug-likeness (QED) is 0.291. The lowest BCUT2D eigenvalue weighted by Crippen LogP contribution is -2.42. The highest BCUT2D eigenvalue weighted by Gasteiger charge is 2.40. The fourth-order valence-corrected chi connectivity index (χ4v) is 5.01. The molecular weight excluding hydrogens is 522 g/mol. The Labute approximate surface area is 222 Å². The predicted octanol–water partition coefficient (Wildman–Crippen LogP) is 7.30. The van der Waals surface area contributed by atoms with Crippen LogP contribution in [-0.2, 0) is 25.6 Å². The minimum atomic E-state index is -0.797. The average Bonchev–Trinajstić information content (AvgIpc) is 2.80. The lowest BCUT2D eigenvalue weighted by molar-refractivity contribution is 0.0559. The zero-order valence-electron chi connectivity index (χ0n) is 22.5. The van der Waals surface area contributed by atoms with Crippen molar-refractivity contribution in [2.24, 2.45) is 0 Å². The first-order chi connectivity index (χ1) is 16.6. The molecule has 2 amide bonds. The van der Waals surface area contributed by atoms with Gasteiger partial charge in [0.15, 0.2) is 0 Å². The highest BCUT2D eigenvalue weighted by Crippen LogP contribution is 2.48. The molecule has 194 valence electrons. The van der Waals surface area contributed by atoms with Gasteiger partial charge < -0.3 is 9.47 Å². The number of halogens is 1. The standard InChI is InChI=1S/C29H36BrNO5/c1-27(2,3)36-26(34)31(24(32)18-9-11-19(12-10-18)25(33)35-8)23-16-22-21(15-20(23)17-30)28(4,5)13-14-29(22,6)7/h9-12,15-16H,13-14,17H2,1-8H3. The third-order valence-electron chi connectivity index (χ3n) is 6.77. The number of hydrogen-bond donors (Lipinski definition) is 0. The van der Waals surface area contributed by atoms with Crippen LogP contribution in [0.15, 0.2) is 36.4 Å². The number of anilines is 1. The van der Waals surface area contributed by atoms with Crippen molar-refractivity contribution in [1.82, 2.24) is 0 Å². The number of nitrogens with zero attached hydrogens (tertiary/aromatic N) is 1. The number of carbonyl (C=O) groups is 3. The molecule has 3 rings (SSSR count). The number of rotatable bonds is 4. The second kappa shape index (κ2) is 10.0.